The largest absolute Gasteiger partial charge is 0.289 e. The van der Waals surface area contributed by atoms with Crippen LogP contribution in [0.4, 0.5) is 0 Å². The minimum atomic E-state index is 0.0855. The molecule has 100 valence electrons. The maximum atomic E-state index is 12.8. The summed E-state index contributed by atoms with van der Waals surface area (Å²) in [6, 6.07) is 11.5. The molecule has 0 aliphatic carbocycles. The lowest BCUT2D eigenvalue weighted by Gasteiger charge is -2.20. The summed E-state index contributed by atoms with van der Waals surface area (Å²) in [4.78, 5) is 16.8. The Balaban J connectivity index is 2.03. The van der Waals surface area contributed by atoms with Crippen molar-refractivity contribution in [2.45, 2.75) is 0 Å². The first-order chi connectivity index (χ1) is 9.75. The highest BCUT2D eigenvalue weighted by molar-refractivity contribution is 14.1. The molecule has 5 heteroatoms. The average Bonchev–Trinajstić information content (AvgIpc) is 2.44. The van der Waals surface area contributed by atoms with E-state index < -0.39 is 0 Å². The van der Waals surface area contributed by atoms with Crippen molar-refractivity contribution >= 4 is 57.5 Å². The normalized spacial score (nSPS) is 13.8. The molecule has 0 saturated carbocycles. The van der Waals surface area contributed by atoms with Crippen LogP contribution < -0.4 is 0 Å². The van der Waals surface area contributed by atoms with E-state index in [4.69, 9.17) is 0 Å². The zero-order valence-electron chi connectivity index (χ0n) is 10.4. The number of pyridine rings is 1. The van der Waals surface area contributed by atoms with E-state index in [2.05, 4.69) is 27.6 Å². The van der Waals surface area contributed by atoms with Gasteiger partial charge >= 0.3 is 0 Å². The van der Waals surface area contributed by atoms with E-state index in [1.54, 1.807) is 35.9 Å². The van der Waals surface area contributed by atoms with E-state index in [0.29, 0.717) is 0 Å². The number of carbonyl (C=O) groups is 1. The molecule has 3 rings (SSSR count). The van der Waals surface area contributed by atoms with Gasteiger partial charge in [0.25, 0.3) is 0 Å². The highest BCUT2D eigenvalue weighted by atomic mass is 127. The predicted octanol–water partition coefficient (Wildman–Crippen LogP) is 4.68. The fraction of sp³-hybridized carbons (Fsp3) is 0.0667. The van der Waals surface area contributed by atoms with Crippen LogP contribution in [0.15, 0.2) is 53.0 Å². The number of hydrogen-bond donors (Lipinski definition) is 0. The molecular weight excluding hydrogens is 401 g/mol. The Morgan fingerprint density at radius 2 is 1.65 bits per heavy atom. The molecule has 1 aliphatic rings. The third kappa shape index (κ3) is 2.94. The van der Waals surface area contributed by atoms with Crippen molar-refractivity contribution in [2.75, 3.05) is 5.08 Å². The third-order valence-corrected chi connectivity index (χ3v) is 6.19. The number of Topliss-reactive ketones (excluding diaryl/α,β-unsaturated/α-hetero) is 1. The molecule has 1 aromatic carbocycles. The standard InChI is InChI=1S/C15H10INOS2/c16-12-3-1-11(2-4-12)14(18)13(15-19-9-20-15)10-5-7-17-8-6-10/h1-8H,9H2. The molecule has 0 bridgehead atoms. The van der Waals surface area contributed by atoms with Crippen LogP contribution in [0, 0.1) is 3.57 Å². The smallest absolute Gasteiger partial charge is 0.195 e. The number of aromatic nitrogens is 1. The van der Waals surface area contributed by atoms with E-state index >= 15 is 0 Å². The molecule has 1 fully saturated rings. The van der Waals surface area contributed by atoms with E-state index in [-0.39, 0.29) is 5.78 Å². The second kappa shape index (κ2) is 6.32. The number of carbonyl (C=O) groups excluding carboxylic acids is 1. The third-order valence-electron chi connectivity index (χ3n) is 2.89. The fourth-order valence-electron chi connectivity index (χ4n) is 1.87. The summed E-state index contributed by atoms with van der Waals surface area (Å²) in [6.45, 7) is 0. The Hall–Kier alpha value is -0.790. The summed E-state index contributed by atoms with van der Waals surface area (Å²) >= 11 is 5.71. The molecule has 0 spiro atoms. The minimum Gasteiger partial charge on any atom is -0.289 e. The van der Waals surface area contributed by atoms with Crippen LogP contribution >= 0.6 is 46.1 Å². The summed E-state index contributed by atoms with van der Waals surface area (Å²) in [7, 11) is 0. The van der Waals surface area contributed by atoms with E-state index in [1.807, 2.05) is 36.4 Å². The molecule has 0 unspecified atom stereocenters. The average molecular weight is 411 g/mol. The van der Waals surface area contributed by atoms with Gasteiger partial charge in [0.15, 0.2) is 5.78 Å². The van der Waals surface area contributed by atoms with Gasteiger partial charge < -0.3 is 0 Å². The van der Waals surface area contributed by atoms with Gasteiger partial charge in [0.1, 0.15) is 0 Å². The van der Waals surface area contributed by atoms with Gasteiger partial charge in [-0.1, -0.05) is 0 Å². The van der Waals surface area contributed by atoms with Crippen molar-refractivity contribution in [1.82, 2.24) is 4.98 Å². The number of ketones is 1. The molecule has 1 saturated heterocycles. The molecule has 2 nitrogen and oxygen atoms in total. The van der Waals surface area contributed by atoms with Crippen molar-refractivity contribution in [1.29, 1.82) is 0 Å². The second-order valence-corrected chi connectivity index (χ2v) is 7.98. The van der Waals surface area contributed by atoms with E-state index in [0.717, 1.165) is 29.6 Å². The summed E-state index contributed by atoms with van der Waals surface area (Å²) in [5.74, 6) is 0.0855. The van der Waals surface area contributed by atoms with Crippen molar-refractivity contribution in [3.05, 3.63) is 67.7 Å². The lowest BCUT2D eigenvalue weighted by Crippen LogP contribution is -2.07. The molecule has 1 aromatic heterocycles. The highest BCUT2D eigenvalue weighted by Gasteiger charge is 2.24. The molecule has 0 atom stereocenters. The zero-order chi connectivity index (χ0) is 13.9. The minimum absolute atomic E-state index is 0.0855. The SMILES string of the molecule is O=C(C(=C1SCS1)c1ccncc1)c1ccc(I)cc1. The van der Waals surface area contributed by atoms with Gasteiger partial charge in [0, 0.05) is 32.2 Å². The Labute approximate surface area is 139 Å². The first kappa shape index (κ1) is 14.2. The lowest BCUT2D eigenvalue weighted by molar-refractivity contribution is 0.105. The number of halogens is 1. The van der Waals surface area contributed by atoms with E-state index in [9.17, 15) is 4.79 Å². The Morgan fingerprint density at radius 3 is 2.20 bits per heavy atom. The molecule has 2 heterocycles. The second-order valence-electron chi connectivity index (χ2n) is 4.14. The Bertz CT molecular complexity index is 662. The van der Waals surface area contributed by atoms with Crippen LogP contribution in [0.25, 0.3) is 5.57 Å². The Kier molecular flexibility index (Phi) is 4.48. The van der Waals surface area contributed by atoms with Gasteiger partial charge in [-0.05, 0) is 64.6 Å². The first-order valence-electron chi connectivity index (χ1n) is 5.96. The molecule has 0 radical (unpaired) electrons. The van der Waals surface area contributed by atoms with Crippen LogP contribution in [-0.4, -0.2) is 15.9 Å². The van der Waals surface area contributed by atoms with Crippen LogP contribution in [0.5, 0.6) is 0 Å². The quantitative estimate of drug-likeness (QED) is 0.417. The maximum Gasteiger partial charge on any atom is 0.195 e. The topological polar surface area (TPSA) is 30.0 Å². The van der Waals surface area contributed by atoms with E-state index in [1.165, 1.54) is 0 Å². The van der Waals surface area contributed by atoms with Gasteiger partial charge in [-0.25, -0.2) is 0 Å². The van der Waals surface area contributed by atoms with Crippen molar-refractivity contribution in [3.63, 3.8) is 0 Å². The van der Waals surface area contributed by atoms with Gasteiger partial charge in [-0.15, -0.1) is 23.5 Å². The van der Waals surface area contributed by atoms with Crippen LogP contribution in [0.2, 0.25) is 0 Å². The van der Waals surface area contributed by atoms with Crippen LogP contribution in [0.1, 0.15) is 15.9 Å². The Morgan fingerprint density at radius 1 is 1.00 bits per heavy atom. The molecule has 20 heavy (non-hydrogen) atoms. The van der Waals surface area contributed by atoms with Gasteiger partial charge in [-0.2, -0.15) is 0 Å². The fourth-order valence-corrected chi connectivity index (χ4v) is 3.88. The summed E-state index contributed by atoms with van der Waals surface area (Å²) < 4.78 is 2.24. The van der Waals surface area contributed by atoms with Crippen molar-refractivity contribution < 1.29 is 4.79 Å². The molecule has 1 aliphatic heterocycles. The summed E-state index contributed by atoms with van der Waals surface area (Å²) in [6.07, 6.45) is 3.45. The van der Waals surface area contributed by atoms with Gasteiger partial charge in [0.05, 0.1) is 4.24 Å². The molecule has 2 aromatic rings. The van der Waals surface area contributed by atoms with Crippen molar-refractivity contribution in [2.24, 2.45) is 0 Å². The number of benzene rings is 1. The van der Waals surface area contributed by atoms with Crippen molar-refractivity contribution in [3.8, 4) is 0 Å². The maximum absolute atomic E-state index is 12.8. The number of hydrogen-bond acceptors (Lipinski definition) is 4. The van der Waals surface area contributed by atoms with Crippen LogP contribution in [-0.2, 0) is 0 Å². The number of allylic oxidation sites excluding steroid dienone is 1. The van der Waals surface area contributed by atoms with Gasteiger partial charge in [0.2, 0.25) is 0 Å². The highest BCUT2D eigenvalue weighted by Crippen LogP contribution is 2.48. The number of nitrogens with zero attached hydrogens (tertiary/aromatic N) is 1. The molecule has 0 amide bonds. The number of rotatable bonds is 3. The zero-order valence-corrected chi connectivity index (χ0v) is 14.2. The first-order valence-corrected chi connectivity index (χ1v) is 9.01. The molecule has 0 N–H and O–H groups in total. The molecular formula is C15H10INOS2. The summed E-state index contributed by atoms with van der Waals surface area (Å²) in [5.41, 5.74) is 2.48. The lowest BCUT2D eigenvalue weighted by atomic mass is 9.99. The number of thioether (sulfide) groups is 2. The predicted molar refractivity (Wildman–Crippen MR) is 94.7 cm³/mol. The monoisotopic (exact) mass is 411 g/mol. The summed E-state index contributed by atoms with van der Waals surface area (Å²) in [5, 5.41) is 1.02. The van der Waals surface area contributed by atoms with Gasteiger partial charge in [-0.3, -0.25) is 9.78 Å². The van der Waals surface area contributed by atoms with Crippen LogP contribution in [0.3, 0.4) is 0 Å².